The molecule has 0 atom stereocenters. The Morgan fingerprint density at radius 1 is 1.36 bits per heavy atom. The lowest BCUT2D eigenvalue weighted by Crippen LogP contribution is -2.38. The molecule has 22 heavy (non-hydrogen) atoms. The predicted octanol–water partition coefficient (Wildman–Crippen LogP) is 0.195. The third-order valence-electron chi connectivity index (χ3n) is 3.26. The number of fused-ring (bicyclic) bond motifs is 1. The minimum absolute atomic E-state index is 0.0502. The van der Waals surface area contributed by atoms with Crippen LogP contribution in [0.15, 0.2) is 52.8 Å². The quantitative estimate of drug-likeness (QED) is 0.859. The molecular weight excluding hydrogens is 304 g/mol. The van der Waals surface area contributed by atoms with Gasteiger partial charge in [0.1, 0.15) is 5.84 Å². The van der Waals surface area contributed by atoms with Crippen LogP contribution in [0, 0.1) is 0 Å². The lowest BCUT2D eigenvalue weighted by molar-refractivity contribution is -0.117. The number of amidine groups is 1. The molecule has 1 aromatic heterocycles. The zero-order chi connectivity index (χ0) is 15.6. The first-order valence-corrected chi connectivity index (χ1v) is 8.31. The first-order chi connectivity index (χ1) is 10.5. The lowest BCUT2D eigenvalue weighted by Gasteiger charge is -2.26. The molecule has 1 aromatic rings. The summed E-state index contributed by atoms with van der Waals surface area (Å²) in [6.45, 7) is 0.679. The summed E-state index contributed by atoms with van der Waals surface area (Å²) in [5.41, 5.74) is 1.37. The van der Waals surface area contributed by atoms with Crippen LogP contribution in [0.4, 0.5) is 0 Å². The average molecular weight is 318 g/mol. The summed E-state index contributed by atoms with van der Waals surface area (Å²) in [5.74, 6) is 0.0634. The van der Waals surface area contributed by atoms with Crippen molar-refractivity contribution < 1.29 is 13.2 Å². The number of hydrogen-bond acceptors (Lipinski definition) is 5. The van der Waals surface area contributed by atoms with Crippen molar-refractivity contribution >= 4 is 21.8 Å². The fourth-order valence-corrected chi connectivity index (χ4v) is 3.09. The molecule has 0 saturated carbocycles. The maximum Gasteiger partial charge on any atom is 0.256 e. The molecule has 2 aliphatic rings. The highest BCUT2D eigenvalue weighted by molar-refractivity contribution is 7.90. The second-order valence-electron chi connectivity index (χ2n) is 4.89. The highest BCUT2D eigenvalue weighted by atomic mass is 32.2. The van der Waals surface area contributed by atoms with Gasteiger partial charge in [0, 0.05) is 31.7 Å². The molecule has 114 valence electrons. The molecule has 7 nitrogen and oxygen atoms in total. The maximum atomic E-state index is 12.1. The van der Waals surface area contributed by atoms with Gasteiger partial charge in [0.05, 0.1) is 11.3 Å². The topological polar surface area (TPSA) is 91.7 Å². The zero-order valence-corrected chi connectivity index (χ0v) is 12.5. The van der Waals surface area contributed by atoms with E-state index in [2.05, 4.69) is 14.7 Å². The Hall–Kier alpha value is -2.48. The molecule has 0 bridgehead atoms. The van der Waals surface area contributed by atoms with Crippen LogP contribution in [0.2, 0.25) is 0 Å². The Morgan fingerprint density at radius 2 is 2.23 bits per heavy atom. The molecule has 3 heterocycles. The molecule has 8 heteroatoms. The van der Waals surface area contributed by atoms with Crippen LogP contribution in [0.25, 0.3) is 0 Å². The number of amides is 1. The van der Waals surface area contributed by atoms with Crippen LogP contribution >= 0.6 is 0 Å². The average Bonchev–Trinajstić information content (AvgIpc) is 2.52. The number of hydrogen-bond donors (Lipinski definition) is 1. The highest BCUT2D eigenvalue weighted by Gasteiger charge is 2.24. The molecule has 0 saturated heterocycles. The SMILES string of the molecule is O=C(NCc1cccnc1)C1=CN2CCS(=O)(=O)N=C2C=C1. The minimum atomic E-state index is -3.38. The molecule has 0 radical (unpaired) electrons. The van der Waals surface area contributed by atoms with Gasteiger partial charge in [-0.1, -0.05) is 6.07 Å². The molecule has 1 N–H and O–H groups in total. The largest absolute Gasteiger partial charge is 0.348 e. The molecule has 0 unspecified atom stereocenters. The number of sulfonamides is 1. The Kier molecular flexibility index (Phi) is 3.76. The van der Waals surface area contributed by atoms with Gasteiger partial charge in [-0.25, -0.2) is 8.42 Å². The predicted molar refractivity (Wildman–Crippen MR) is 81.2 cm³/mol. The second-order valence-corrected chi connectivity index (χ2v) is 6.65. The summed E-state index contributed by atoms with van der Waals surface area (Å²) in [6.07, 6.45) is 8.07. The van der Waals surface area contributed by atoms with Crippen LogP contribution in [0.5, 0.6) is 0 Å². The molecular formula is C14H14N4O3S. The fraction of sp³-hybridized carbons (Fsp3) is 0.214. The van der Waals surface area contributed by atoms with Crippen molar-refractivity contribution in [3.8, 4) is 0 Å². The summed E-state index contributed by atoms with van der Waals surface area (Å²) in [6, 6.07) is 3.68. The van der Waals surface area contributed by atoms with Gasteiger partial charge >= 0.3 is 0 Å². The van der Waals surface area contributed by atoms with Gasteiger partial charge in [0.15, 0.2) is 0 Å². The van der Waals surface area contributed by atoms with E-state index >= 15 is 0 Å². The number of nitrogens with zero attached hydrogens (tertiary/aromatic N) is 3. The maximum absolute atomic E-state index is 12.1. The number of rotatable bonds is 3. The van der Waals surface area contributed by atoms with Gasteiger partial charge in [-0.2, -0.15) is 0 Å². The first kappa shape index (κ1) is 14.5. The monoisotopic (exact) mass is 318 g/mol. The van der Waals surface area contributed by atoms with Crippen molar-refractivity contribution in [2.45, 2.75) is 6.54 Å². The normalized spacial score (nSPS) is 19.0. The van der Waals surface area contributed by atoms with Gasteiger partial charge in [-0.05, 0) is 23.8 Å². The van der Waals surface area contributed by atoms with Crippen LogP contribution in [-0.2, 0) is 21.4 Å². The third-order valence-corrected chi connectivity index (χ3v) is 4.43. The minimum Gasteiger partial charge on any atom is -0.348 e. The van der Waals surface area contributed by atoms with Crippen molar-refractivity contribution in [3.05, 3.63) is 54.0 Å². The number of carbonyl (C=O) groups excluding carboxylic acids is 1. The molecule has 0 spiro atoms. The Labute approximate surface area is 128 Å². The first-order valence-electron chi connectivity index (χ1n) is 6.70. The summed E-state index contributed by atoms with van der Waals surface area (Å²) < 4.78 is 26.5. The van der Waals surface area contributed by atoms with E-state index in [1.54, 1.807) is 35.6 Å². The van der Waals surface area contributed by atoms with E-state index in [1.807, 2.05) is 6.07 Å². The van der Waals surface area contributed by atoms with Crippen LogP contribution in [0.3, 0.4) is 0 Å². The number of carbonyl (C=O) groups is 1. The Morgan fingerprint density at radius 3 is 3.00 bits per heavy atom. The van der Waals surface area contributed by atoms with E-state index in [-0.39, 0.29) is 11.7 Å². The molecule has 3 rings (SSSR count). The van der Waals surface area contributed by atoms with E-state index in [9.17, 15) is 13.2 Å². The van der Waals surface area contributed by atoms with E-state index in [1.165, 1.54) is 6.08 Å². The van der Waals surface area contributed by atoms with E-state index in [4.69, 9.17) is 0 Å². The fourth-order valence-electron chi connectivity index (χ4n) is 2.12. The van der Waals surface area contributed by atoms with E-state index in [0.29, 0.717) is 24.5 Å². The molecule has 0 aliphatic carbocycles. The van der Waals surface area contributed by atoms with Crippen molar-refractivity contribution in [1.82, 2.24) is 15.2 Å². The van der Waals surface area contributed by atoms with Gasteiger partial charge < -0.3 is 10.2 Å². The van der Waals surface area contributed by atoms with Crippen LogP contribution in [0.1, 0.15) is 5.56 Å². The number of aromatic nitrogens is 1. The van der Waals surface area contributed by atoms with Gasteiger partial charge in [-0.3, -0.25) is 9.78 Å². The third kappa shape index (κ3) is 3.22. The van der Waals surface area contributed by atoms with E-state index in [0.717, 1.165) is 5.56 Å². The van der Waals surface area contributed by atoms with Crippen molar-refractivity contribution in [1.29, 1.82) is 0 Å². The highest BCUT2D eigenvalue weighted by Crippen LogP contribution is 2.15. The Bertz CT molecular complexity index is 782. The standard InChI is InChI=1S/C14H14N4O3S/c19-14(16-9-11-2-1-5-15-8-11)12-3-4-13-17-22(20,21)7-6-18(13)10-12/h1-5,8,10H,6-7,9H2,(H,16,19). The summed E-state index contributed by atoms with van der Waals surface area (Å²) in [5, 5.41) is 2.80. The van der Waals surface area contributed by atoms with Crippen molar-refractivity contribution in [2.75, 3.05) is 12.3 Å². The van der Waals surface area contributed by atoms with Gasteiger partial charge in [0.2, 0.25) is 0 Å². The van der Waals surface area contributed by atoms with Gasteiger partial charge in [0.25, 0.3) is 15.9 Å². The van der Waals surface area contributed by atoms with Crippen LogP contribution < -0.4 is 5.32 Å². The molecule has 0 fully saturated rings. The van der Waals surface area contributed by atoms with Crippen molar-refractivity contribution in [2.24, 2.45) is 4.40 Å². The molecule has 1 amide bonds. The van der Waals surface area contributed by atoms with E-state index < -0.39 is 10.0 Å². The number of pyridine rings is 1. The van der Waals surface area contributed by atoms with Gasteiger partial charge in [-0.15, -0.1) is 4.40 Å². The number of nitrogens with one attached hydrogen (secondary N) is 1. The second kappa shape index (κ2) is 5.72. The molecule has 2 aliphatic heterocycles. The summed E-state index contributed by atoms with van der Waals surface area (Å²) in [4.78, 5) is 17.8. The summed E-state index contributed by atoms with van der Waals surface area (Å²) in [7, 11) is -3.38. The zero-order valence-electron chi connectivity index (χ0n) is 11.6. The molecule has 0 aromatic carbocycles. The summed E-state index contributed by atoms with van der Waals surface area (Å²) >= 11 is 0. The van der Waals surface area contributed by atoms with Crippen LogP contribution in [-0.4, -0.2) is 42.3 Å². The smallest absolute Gasteiger partial charge is 0.256 e. The Balaban J connectivity index is 1.68. The van der Waals surface area contributed by atoms with Crippen molar-refractivity contribution in [3.63, 3.8) is 0 Å². The lowest BCUT2D eigenvalue weighted by atomic mass is 10.1.